The van der Waals surface area contributed by atoms with Gasteiger partial charge in [-0.05, 0) is 29.7 Å². The summed E-state index contributed by atoms with van der Waals surface area (Å²) in [6.07, 6.45) is 0.844. The molecule has 13 heavy (non-hydrogen) atoms. The molecule has 0 fully saturated rings. The number of rotatable bonds is 3. The molecular formula is C10H13ClO2. The van der Waals surface area contributed by atoms with E-state index >= 15 is 0 Å². The van der Waals surface area contributed by atoms with Crippen molar-refractivity contribution in [3.8, 4) is 5.75 Å². The van der Waals surface area contributed by atoms with Crippen LogP contribution in [0.3, 0.4) is 0 Å². The van der Waals surface area contributed by atoms with Crippen molar-refractivity contribution in [1.29, 1.82) is 0 Å². The number of aliphatic hydroxyl groups is 1. The van der Waals surface area contributed by atoms with E-state index in [9.17, 15) is 0 Å². The van der Waals surface area contributed by atoms with Gasteiger partial charge in [0, 0.05) is 0 Å². The highest BCUT2D eigenvalue weighted by Crippen LogP contribution is 2.30. The Balaban J connectivity index is 3.20. The highest BCUT2D eigenvalue weighted by molar-refractivity contribution is 6.32. The maximum Gasteiger partial charge on any atom is 0.140 e. The normalized spacial score (nSPS) is 10.2. The lowest BCUT2D eigenvalue weighted by molar-refractivity contribution is 0.281. The van der Waals surface area contributed by atoms with Crippen LogP contribution in [0.4, 0.5) is 0 Å². The number of hydrogen-bond acceptors (Lipinski definition) is 2. The minimum Gasteiger partial charge on any atom is -0.495 e. The van der Waals surface area contributed by atoms with Gasteiger partial charge >= 0.3 is 0 Å². The first kappa shape index (κ1) is 10.4. The van der Waals surface area contributed by atoms with E-state index in [0.29, 0.717) is 10.8 Å². The Morgan fingerprint density at radius 1 is 1.46 bits per heavy atom. The molecule has 1 rings (SSSR count). The van der Waals surface area contributed by atoms with E-state index < -0.39 is 0 Å². The molecule has 0 radical (unpaired) electrons. The fraction of sp³-hybridized carbons (Fsp3) is 0.400. The van der Waals surface area contributed by atoms with E-state index in [0.717, 1.165) is 17.5 Å². The maximum absolute atomic E-state index is 8.95. The van der Waals surface area contributed by atoms with Crippen LogP contribution in [0.2, 0.25) is 5.02 Å². The van der Waals surface area contributed by atoms with Crippen LogP contribution < -0.4 is 4.74 Å². The lowest BCUT2D eigenvalue weighted by atomic mass is 10.1. The van der Waals surface area contributed by atoms with E-state index in [2.05, 4.69) is 0 Å². The van der Waals surface area contributed by atoms with Gasteiger partial charge in [-0.3, -0.25) is 0 Å². The molecule has 0 amide bonds. The summed E-state index contributed by atoms with van der Waals surface area (Å²) in [5, 5.41) is 9.51. The predicted octanol–water partition coefficient (Wildman–Crippen LogP) is 2.40. The lowest BCUT2D eigenvalue weighted by Gasteiger charge is -2.10. The first-order valence-corrected chi connectivity index (χ1v) is 4.56. The highest BCUT2D eigenvalue weighted by atomic mass is 35.5. The molecule has 1 aromatic carbocycles. The van der Waals surface area contributed by atoms with Gasteiger partial charge in [0.05, 0.1) is 18.7 Å². The summed E-state index contributed by atoms with van der Waals surface area (Å²) >= 11 is 5.96. The smallest absolute Gasteiger partial charge is 0.140 e. The Kier molecular flexibility index (Phi) is 3.58. The molecule has 3 heteroatoms. The molecule has 0 aliphatic heterocycles. The van der Waals surface area contributed by atoms with Gasteiger partial charge in [0.2, 0.25) is 0 Å². The Morgan fingerprint density at radius 2 is 2.15 bits per heavy atom. The summed E-state index contributed by atoms with van der Waals surface area (Å²) in [7, 11) is 1.60. The second-order valence-corrected chi connectivity index (χ2v) is 3.19. The molecule has 0 saturated carbocycles. The average molecular weight is 201 g/mol. The van der Waals surface area contributed by atoms with Gasteiger partial charge in [0.1, 0.15) is 5.75 Å². The van der Waals surface area contributed by atoms with Gasteiger partial charge in [-0.15, -0.1) is 0 Å². The molecule has 2 nitrogen and oxygen atoms in total. The minimum atomic E-state index is 0.0106. The third-order valence-electron chi connectivity index (χ3n) is 1.95. The quantitative estimate of drug-likeness (QED) is 0.812. The first-order chi connectivity index (χ1) is 6.22. The van der Waals surface area contributed by atoms with Crippen molar-refractivity contribution in [2.24, 2.45) is 0 Å². The molecular weight excluding hydrogens is 188 g/mol. The van der Waals surface area contributed by atoms with E-state index in [4.69, 9.17) is 21.4 Å². The number of methoxy groups -OCH3 is 1. The Morgan fingerprint density at radius 3 is 2.62 bits per heavy atom. The van der Waals surface area contributed by atoms with Crippen LogP contribution in [0.1, 0.15) is 18.1 Å². The molecule has 0 aliphatic rings. The van der Waals surface area contributed by atoms with E-state index in [-0.39, 0.29) is 6.61 Å². The first-order valence-electron chi connectivity index (χ1n) is 4.19. The molecule has 0 spiro atoms. The van der Waals surface area contributed by atoms with Gasteiger partial charge in [-0.25, -0.2) is 0 Å². The van der Waals surface area contributed by atoms with Crippen molar-refractivity contribution in [3.63, 3.8) is 0 Å². The van der Waals surface area contributed by atoms with Gasteiger partial charge < -0.3 is 9.84 Å². The lowest BCUT2D eigenvalue weighted by Crippen LogP contribution is -1.94. The van der Waals surface area contributed by atoms with Gasteiger partial charge in [0.25, 0.3) is 0 Å². The standard InChI is InChI=1S/C10H13ClO2/c1-3-8-4-7(6-12)5-9(11)10(8)13-2/h4-5,12H,3,6H2,1-2H3. The summed E-state index contributed by atoms with van der Waals surface area (Å²) < 4.78 is 5.15. The Bertz CT molecular complexity index is 297. The highest BCUT2D eigenvalue weighted by Gasteiger charge is 2.07. The van der Waals surface area contributed by atoms with Crippen molar-refractivity contribution in [2.75, 3.05) is 7.11 Å². The second kappa shape index (κ2) is 4.49. The second-order valence-electron chi connectivity index (χ2n) is 2.78. The number of benzene rings is 1. The van der Waals surface area contributed by atoms with Crippen LogP contribution in [0.25, 0.3) is 0 Å². The van der Waals surface area contributed by atoms with Gasteiger partial charge in [-0.1, -0.05) is 18.5 Å². The van der Waals surface area contributed by atoms with E-state index in [1.54, 1.807) is 13.2 Å². The molecule has 0 aliphatic carbocycles. The molecule has 1 N–H and O–H groups in total. The third-order valence-corrected chi connectivity index (χ3v) is 2.23. The van der Waals surface area contributed by atoms with Crippen LogP contribution in [-0.2, 0) is 13.0 Å². The number of hydrogen-bond donors (Lipinski definition) is 1. The molecule has 0 heterocycles. The van der Waals surface area contributed by atoms with Gasteiger partial charge in [0.15, 0.2) is 0 Å². The van der Waals surface area contributed by atoms with Gasteiger partial charge in [-0.2, -0.15) is 0 Å². The molecule has 0 atom stereocenters. The van der Waals surface area contributed by atoms with Crippen molar-refractivity contribution in [3.05, 3.63) is 28.3 Å². The topological polar surface area (TPSA) is 29.5 Å². The zero-order chi connectivity index (χ0) is 9.84. The number of aryl methyl sites for hydroxylation is 1. The van der Waals surface area contributed by atoms with Crippen molar-refractivity contribution in [1.82, 2.24) is 0 Å². The SMILES string of the molecule is CCc1cc(CO)cc(Cl)c1OC. The molecule has 72 valence electrons. The van der Waals surface area contributed by atoms with E-state index in [1.807, 2.05) is 13.0 Å². The zero-order valence-electron chi connectivity index (χ0n) is 7.80. The Labute approximate surface area is 83.1 Å². The Hall–Kier alpha value is -0.730. The van der Waals surface area contributed by atoms with Crippen molar-refractivity contribution >= 4 is 11.6 Å². The number of halogens is 1. The summed E-state index contributed by atoms with van der Waals surface area (Å²) in [6.45, 7) is 2.03. The average Bonchev–Trinajstić information content (AvgIpc) is 2.16. The third kappa shape index (κ3) is 2.14. The largest absolute Gasteiger partial charge is 0.495 e. The molecule has 0 saturated heterocycles. The molecule has 1 aromatic rings. The van der Waals surface area contributed by atoms with Crippen LogP contribution in [0, 0.1) is 0 Å². The minimum absolute atomic E-state index is 0.0106. The maximum atomic E-state index is 8.95. The number of aliphatic hydroxyl groups excluding tert-OH is 1. The molecule has 0 bridgehead atoms. The van der Waals surface area contributed by atoms with Crippen LogP contribution in [-0.4, -0.2) is 12.2 Å². The summed E-state index contributed by atoms with van der Waals surface area (Å²) in [6, 6.07) is 3.63. The molecule has 0 aromatic heterocycles. The van der Waals surface area contributed by atoms with Crippen molar-refractivity contribution in [2.45, 2.75) is 20.0 Å². The fourth-order valence-corrected chi connectivity index (χ4v) is 1.63. The van der Waals surface area contributed by atoms with Crippen molar-refractivity contribution < 1.29 is 9.84 Å². The molecule has 0 unspecified atom stereocenters. The number of ether oxygens (including phenoxy) is 1. The summed E-state index contributed by atoms with van der Waals surface area (Å²) in [4.78, 5) is 0. The summed E-state index contributed by atoms with van der Waals surface area (Å²) in [5.41, 5.74) is 1.85. The monoisotopic (exact) mass is 200 g/mol. The van der Waals surface area contributed by atoms with Crippen LogP contribution >= 0.6 is 11.6 Å². The summed E-state index contributed by atoms with van der Waals surface area (Å²) in [5.74, 6) is 0.710. The zero-order valence-corrected chi connectivity index (χ0v) is 8.56. The van der Waals surface area contributed by atoms with Crippen LogP contribution in [0.5, 0.6) is 5.75 Å². The fourth-order valence-electron chi connectivity index (χ4n) is 1.30. The van der Waals surface area contributed by atoms with E-state index in [1.165, 1.54) is 0 Å². The van der Waals surface area contributed by atoms with Crippen LogP contribution in [0.15, 0.2) is 12.1 Å². The predicted molar refractivity (Wildman–Crippen MR) is 53.3 cm³/mol.